The van der Waals surface area contributed by atoms with Crippen molar-refractivity contribution in [1.82, 2.24) is 10.6 Å². The molecular weight excluding hydrogens is 349 g/mol. The van der Waals surface area contributed by atoms with Crippen LogP contribution in [0, 0.1) is 12.7 Å². The SMILES string of the molecule is CCNC(=O)c1cccc(NC(=O)NC(C)c2ccc(OC)c(F)c2)c1C. The average molecular weight is 373 g/mol. The summed E-state index contributed by atoms with van der Waals surface area (Å²) in [4.78, 5) is 24.4. The van der Waals surface area contributed by atoms with E-state index in [1.807, 2.05) is 6.92 Å². The number of methoxy groups -OCH3 is 1. The number of anilines is 1. The highest BCUT2D eigenvalue weighted by molar-refractivity contribution is 5.99. The Labute approximate surface area is 158 Å². The maximum atomic E-state index is 13.8. The molecular formula is C20H24FN3O3. The zero-order valence-corrected chi connectivity index (χ0v) is 15.9. The molecule has 0 saturated carbocycles. The van der Waals surface area contributed by atoms with Crippen LogP contribution in [-0.4, -0.2) is 25.6 Å². The van der Waals surface area contributed by atoms with Crippen molar-refractivity contribution in [3.8, 4) is 5.75 Å². The van der Waals surface area contributed by atoms with E-state index in [-0.39, 0.29) is 11.7 Å². The molecule has 144 valence electrons. The Morgan fingerprint density at radius 3 is 2.59 bits per heavy atom. The number of rotatable bonds is 6. The number of hydrogen-bond acceptors (Lipinski definition) is 3. The Hall–Kier alpha value is -3.09. The zero-order chi connectivity index (χ0) is 20.0. The Kier molecular flexibility index (Phi) is 6.76. The molecule has 2 aromatic carbocycles. The maximum Gasteiger partial charge on any atom is 0.319 e. The van der Waals surface area contributed by atoms with Crippen LogP contribution in [0.5, 0.6) is 5.75 Å². The van der Waals surface area contributed by atoms with Crippen molar-refractivity contribution in [2.24, 2.45) is 0 Å². The first-order valence-electron chi connectivity index (χ1n) is 8.66. The number of urea groups is 1. The lowest BCUT2D eigenvalue weighted by Crippen LogP contribution is -2.31. The van der Waals surface area contributed by atoms with E-state index in [9.17, 15) is 14.0 Å². The molecule has 1 unspecified atom stereocenters. The lowest BCUT2D eigenvalue weighted by Gasteiger charge is -2.17. The second-order valence-electron chi connectivity index (χ2n) is 6.05. The van der Waals surface area contributed by atoms with Gasteiger partial charge in [0, 0.05) is 17.8 Å². The first-order chi connectivity index (χ1) is 12.9. The molecule has 2 aromatic rings. The van der Waals surface area contributed by atoms with Crippen LogP contribution >= 0.6 is 0 Å². The first-order valence-corrected chi connectivity index (χ1v) is 8.66. The molecule has 0 aliphatic heterocycles. The van der Waals surface area contributed by atoms with E-state index < -0.39 is 17.9 Å². The number of amides is 3. The summed E-state index contributed by atoms with van der Waals surface area (Å²) in [6.45, 7) is 5.87. The van der Waals surface area contributed by atoms with Crippen molar-refractivity contribution in [1.29, 1.82) is 0 Å². The van der Waals surface area contributed by atoms with E-state index >= 15 is 0 Å². The summed E-state index contributed by atoms with van der Waals surface area (Å²) in [5, 5.41) is 8.23. The van der Waals surface area contributed by atoms with Gasteiger partial charge in [0.2, 0.25) is 0 Å². The topological polar surface area (TPSA) is 79.5 Å². The van der Waals surface area contributed by atoms with Gasteiger partial charge in [-0.25, -0.2) is 9.18 Å². The van der Waals surface area contributed by atoms with E-state index in [2.05, 4.69) is 16.0 Å². The smallest absolute Gasteiger partial charge is 0.319 e. The Morgan fingerprint density at radius 1 is 1.22 bits per heavy atom. The average Bonchev–Trinajstić information content (AvgIpc) is 2.63. The van der Waals surface area contributed by atoms with Crippen LogP contribution in [0.1, 0.15) is 41.4 Å². The molecule has 3 amide bonds. The highest BCUT2D eigenvalue weighted by Crippen LogP contribution is 2.22. The minimum Gasteiger partial charge on any atom is -0.494 e. The minimum atomic E-state index is -0.491. The molecule has 27 heavy (non-hydrogen) atoms. The van der Waals surface area contributed by atoms with Gasteiger partial charge in [-0.05, 0) is 56.2 Å². The second kappa shape index (κ2) is 9.02. The first kappa shape index (κ1) is 20.2. The number of hydrogen-bond donors (Lipinski definition) is 3. The van der Waals surface area contributed by atoms with Gasteiger partial charge in [-0.2, -0.15) is 0 Å². The number of halogens is 1. The predicted molar refractivity (Wildman–Crippen MR) is 103 cm³/mol. The van der Waals surface area contributed by atoms with Gasteiger partial charge in [0.1, 0.15) is 0 Å². The number of ether oxygens (including phenoxy) is 1. The summed E-state index contributed by atoms with van der Waals surface area (Å²) in [6, 6.07) is 8.78. The molecule has 0 aliphatic rings. The van der Waals surface area contributed by atoms with E-state index in [4.69, 9.17) is 4.74 Å². The third kappa shape index (κ3) is 4.97. The summed E-state index contributed by atoms with van der Waals surface area (Å²) >= 11 is 0. The molecule has 0 saturated heterocycles. The number of carbonyl (C=O) groups excluding carboxylic acids is 2. The molecule has 0 aliphatic carbocycles. The van der Waals surface area contributed by atoms with Crippen LogP contribution in [0.15, 0.2) is 36.4 Å². The van der Waals surface area contributed by atoms with Gasteiger partial charge in [0.05, 0.1) is 13.2 Å². The van der Waals surface area contributed by atoms with Crippen molar-refractivity contribution in [2.45, 2.75) is 26.8 Å². The van der Waals surface area contributed by atoms with E-state index in [0.717, 1.165) is 0 Å². The van der Waals surface area contributed by atoms with Crippen LogP contribution in [-0.2, 0) is 0 Å². The molecule has 0 spiro atoms. The van der Waals surface area contributed by atoms with Crippen LogP contribution in [0.4, 0.5) is 14.9 Å². The highest BCUT2D eigenvalue weighted by atomic mass is 19.1. The molecule has 0 fully saturated rings. The van der Waals surface area contributed by atoms with Gasteiger partial charge < -0.3 is 20.7 Å². The van der Waals surface area contributed by atoms with E-state index in [1.165, 1.54) is 19.2 Å². The fourth-order valence-electron chi connectivity index (χ4n) is 2.66. The van der Waals surface area contributed by atoms with Gasteiger partial charge in [0.25, 0.3) is 5.91 Å². The summed E-state index contributed by atoms with van der Waals surface area (Å²) in [5.74, 6) is -0.538. The fraction of sp³-hybridized carbons (Fsp3) is 0.300. The molecule has 1 atom stereocenters. The zero-order valence-electron chi connectivity index (χ0n) is 15.9. The Morgan fingerprint density at radius 2 is 1.96 bits per heavy atom. The lowest BCUT2D eigenvalue weighted by molar-refractivity contribution is 0.0955. The van der Waals surface area contributed by atoms with Crippen molar-refractivity contribution >= 4 is 17.6 Å². The summed E-state index contributed by atoms with van der Waals surface area (Å²) < 4.78 is 18.7. The van der Waals surface area contributed by atoms with Gasteiger partial charge in [-0.15, -0.1) is 0 Å². The fourth-order valence-corrected chi connectivity index (χ4v) is 2.66. The monoisotopic (exact) mass is 373 g/mol. The van der Waals surface area contributed by atoms with Crippen LogP contribution in [0.3, 0.4) is 0 Å². The molecule has 0 bridgehead atoms. The lowest BCUT2D eigenvalue weighted by atomic mass is 10.1. The van der Waals surface area contributed by atoms with E-state index in [1.54, 1.807) is 38.1 Å². The molecule has 6 nitrogen and oxygen atoms in total. The van der Waals surface area contributed by atoms with Gasteiger partial charge >= 0.3 is 6.03 Å². The number of nitrogens with one attached hydrogen (secondary N) is 3. The van der Waals surface area contributed by atoms with Crippen molar-refractivity contribution in [2.75, 3.05) is 19.0 Å². The Bertz CT molecular complexity index is 839. The predicted octanol–water partition coefficient (Wildman–Crippen LogP) is 3.78. The second-order valence-corrected chi connectivity index (χ2v) is 6.05. The van der Waals surface area contributed by atoms with Crippen LogP contribution in [0.25, 0.3) is 0 Å². The van der Waals surface area contributed by atoms with Crippen molar-refractivity contribution in [3.63, 3.8) is 0 Å². The minimum absolute atomic E-state index is 0.146. The van der Waals surface area contributed by atoms with Gasteiger partial charge in [-0.1, -0.05) is 12.1 Å². The maximum absolute atomic E-state index is 13.8. The quantitative estimate of drug-likeness (QED) is 0.721. The van der Waals surface area contributed by atoms with Gasteiger partial charge in [0.15, 0.2) is 11.6 Å². The third-order valence-corrected chi connectivity index (χ3v) is 4.19. The molecule has 0 aromatic heterocycles. The largest absolute Gasteiger partial charge is 0.494 e. The van der Waals surface area contributed by atoms with Crippen LogP contribution < -0.4 is 20.7 Å². The van der Waals surface area contributed by atoms with Crippen molar-refractivity contribution < 1.29 is 18.7 Å². The number of carbonyl (C=O) groups is 2. The molecule has 0 heterocycles. The summed E-state index contributed by atoms with van der Waals surface area (Å²) in [7, 11) is 1.39. The normalized spacial score (nSPS) is 11.4. The standard InChI is InChI=1S/C20H24FN3O3/c1-5-22-19(25)15-7-6-8-17(12(15)2)24-20(26)23-13(3)14-9-10-18(27-4)16(21)11-14/h6-11,13H,5H2,1-4H3,(H,22,25)(H2,23,24,26). The molecule has 2 rings (SSSR count). The van der Waals surface area contributed by atoms with E-state index in [0.29, 0.717) is 28.9 Å². The highest BCUT2D eigenvalue weighted by Gasteiger charge is 2.15. The summed E-state index contributed by atoms with van der Waals surface area (Å²) in [5.41, 5.74) is 2.31. The number of benzene rings is 2. The van der Waals surface area contributed by atoms with Crippen LogP contribution in [0.2, 0.25) is 0 Å². The summed E-state index contributed by atoms with van der Waals surface area (Å²) in [6.07, 6.45) is 0. The third-order valence-electron chi connectivity index (χ3n) is 4.19. The van der Waals surface area contributed by atoms with Crippen molar-refractivity contribution in [3.05, 3.63) is 58.9 Å². The molecule has 7 heteroatoms. The Balaban J connectivity index is 2.08. The molecule has 3 N–H and O–H groups in total. The molecule has 0 radical (unpaired) electrons. The van der Waals surface area contributed by atoms with Gasteiger partial charge in [-0.3, -0.25) is 4.79 Å².